The predicted molar refractivity (Wildman–Crippen MR) is 75.0 cm³/mol. The van der Waals surface area contributed by atoms with E-state index in [0.717, 1.165) is 0 Å². The van der Waals surface area contributed by atoms with Gasteiger partial charge in [-0.3, -0.25) is 20.2 Å². The van der Waals surface area contributed by atoms with Gasteiger partial charge in [-0.25, -0.2) is 0 Å². The molecule has 0 amide bonds. The first kappa shape index (κ1) is 14.6. The lowest BCUT2D eigenvalue weighted by atomic mass is 10.3. The highest BCUT2D eigenvalue weighted by Gasteiger charge is 2.17. The number of rotatable bonds is 6. The highest BCUT2D eigenvalue weighted by molar-refractivity contribution is 7.90. The Morgan fingerprint density at radius 3 is 1.52 bits per heavy atom. The van der Waals surface area contributed by atoms with Crippen LogP contribution in [-0.2, 0) is 0 Å². The summed E-state index contributed by atoms with van der Waals surface area (Å²) >= 11 is 0.414. The van der Waals surface area contributed by atoms with E-state index in [1.165, 1.54) is 36.4 Å². The van der Waals surface area contributed by atoms with E-state index >= 15 is 0 Å². The number of benzene rings is 2. The quantitative estimate of drug-likeness (QED) is 0.456. The van der Waals surface area contributed by atoms with Crippen LogP contribution in [0.1, 0.15) is 0 Å². The van der Waals surface area contributed by atoms with E-state index in [1.54, 1.807) is 12.1 Å². The first-order valence-corrected chi connectivity index (χ1v) is 6.24. The lowest BCUT2D eigenvalue weighted by molar-refractivity contribution is -0.385. The van der Waals surface area contributed by atoms with Gasteiger partial charge in [0.15, 0.2) is 0 Å². The van der Waals surface area contributed by atoms with Gasteiger partial charge in [0, 0.05) is 12.1 Å². The fourth-order valence-corrected chi connectivity index (χ4v) is 1.91. The average molecular weight is 308 g/mol. The van der Waals surface area contributed by atoms with E-state index < -0.39 is 9.85 Å². The topological polar surface area (TPSA) is 105 Å². The standard InChI is InChI=1S/C12H8N2O6S/c15-13(16)9-5-1-3-7-11(9)19-21-20-12-8-4-2-6-10(12)14(17)18/h1-8H. The monoisotopic (exact) mass is 308 g/mol. The molecule has 2 aromatic rings. The van der Waals surface area contributed by atoms with Crippen LogP contribution >= 0.6 is 12.3 Å². The molecule has 0 aliphatic carbocycles. The smallest absolute Gasteiger partial charge is 0.312 e. The Kier molecular flexibility index (Phi) is 4.57. The minimum Gasteiger partial charge on any atom is -0.384 e. The molecular formula is C12H8N2O6S. The Balaban J connectivity index is 2.06. The van der Waals surface area contributed by atoms with Crippen molar-refractivity contribution in [3.63, 3.8) is 0 Å². The molecule has 2 rings (SSSR count). The zero-order chi connectivity index (χ0) is 15.2. The molecular weight excluding hydrogens is 300 g/mol. The van der Waals surface area contributed by atoms with E-state index in [9.17, 15) is 20.2 Å². The van der Waals surface area contributed by atoms with Gasteiger partial charge >= 0.3 is 11.4 Å². The molecule has 0 radical (unpaired) electrons. The lowest BCUT2D eigenvalue weighted by Gasteiger charge is -2.05. The maximum Gasteiger partial charge on any atom is 0.312 e. The zero-order valence-electron chi connectivity index (χ0n) is 10.4. The van der Waals surface area contributed by atoms with Gasteiger partial charge in [0.05, 0.1) is 9.85 Å². The Bertz CT molecular complexity index is 621. The lowest BCUT2D eigenvalue weighted by Crippen LogP contribution is -1.96. The number of nitrogens with zero attached hydrogens (tertiary/aromatic N) is 2. The van der Waals surface area contributed by atoms with Crippen LogP contribution in [0.3, 0.4) is 0 Å². The van der Waals surface area contributed by atoms with Crippen molar-refractivity contribution in [2.24, 2.45) is 0 Å². The predicted octanol–water partition coefficient (Wildman–Crippen LogP) is 3.52. The number of hydrogen-bond donors (Lipinski definition) is 0. The van der Waals surface area contributed by atoms with Gasteiger partial charge in [0.2, 0.25) is 11.5 Å². The highest BCUT2D eigenvalue weighted by Crippen LogP contribution is 2.32. The third-order valence-electron chi connectivity index (χ3n) is 2.37. The molecule has 0 saturated heterocycles. The summed E-state index contributed by atoms with van der Waals surface area (Å²) in [6, 6.07) is 11.5. The van der Waals surface area contributed by atoms with Crippen LogP contribution in [0.5, 0.6) is 11.5 Å². The average Bonchev–Trinajstić information content (AvgIpc) is 2.48. The molecule has 0 heterocycles. The van der Waals surface area contributed by atoms with E-state index in [-0.39, 0.29) is 22.9 Å². The van der Waals surface area contributed by atoms with E-state index in [1.807, 2.05) is 0 Å². The van der Waals surface area contributed by atoms with Crippen LogP contribution in [0.2, 0.25) is 0 Å². The maximum absolute atomic E-state index is 10.8. The van der Waals surface area contributed by atoms with Crippen molar-refractivity contribution in [3.05, 3.63) is 68.8 Å². The number of nitro groups is 2. The summed E-state index contributed by atoms with van der Waals surface area (Å²) in [5.74, 6) is -0.0165. The van der Waals surface area contributed by atoms with Crippen LogP contribution in [-0.4, -0.2) is 9.85 Å². The third-order valence-corrected chi connectivity index (χ3v) is 2.87. The van der Waals surface area contributed by atoms with Crippen LogP contribution in [0.15, 0.2) is 48.5 Å². The van der Waals surface area contributed by atoms with Crippen LogP contribution in [0.25, 0.3) is 0 Å². The Morgan fingerprint density at radius 1 is 0.762 bits per heavy atom. The largest absolute Gasteiger partial charge is 0.384 e. The second kappa shape index (κ2) is 6.57. The number of nitro benzene ring substituents is 2. The van der Waals surface area contributed by atoms with Crippen molar-refractivity contribution in [3.8, 4) is 11.5 Å². The minimum atomic E-state index is -0.596. The number of para-hydroxylation sites is 4. The van der Waals surface area contributed by atoms with E-state index in [4.69, 9.17) is 8.37 Å². The molecule has 0 aromatic heterocycles. The Hall–Kier alpha value is -2.81. The van der Waals surface area contributed by atoms with Gasteiger partial charge in [-0.2, -0.15) is 0 Å². The van der Waals surface area contributed by atoms with Gasteiger partial charge in [0.1, 0.15) is 0 Å². The summed E-state index contributed by atoms with van der Waals surface area (Å²) in [4.78, 5) is 20.4. The molecule has 0 fully saturated rings. The molecule has 0 aliphatic rings. The first-order valence-electron chi connectivity index (χ1n) is 5.57. The van der Waals surface area contributed by atoms with Crippen LogP contribution in [0.4, 0.5) is 11.4 Å². The summed E-state index contributed by atoms with van der Waals surface area (Å²) in [5.41, 5.74) is -0.452. The van der Waals surface area contributed by atoms with Crippen LogP contribution in [0, 0.1) is 20.2 Å². The van der Waals surface area contributed by atoms with Crippen molar-refractivity contribution < 1.29 is 18.2 Å². The van der Waals surface area contributed by atoms with Gasteiger partial charge in [0.25, 0.3) is 12.3 Å². The van der Waals surface area contributed by atoms with Gasteiger partial charge in [-0.15, -0.1) is 0 Å². The summed E-state index contributed by atoms with van der Waals surface area (Å²) in [6.45, 7) is 0. The molecule has 108 valence electrons. The minimum absolute atomic E-state index is 0.00826. The van der Waals surface area contributed by atoms with Gasteiger partial charge < -0.3 is 8.37 Å². The second-order valence-corrected chi connectivity index (χ2v) is 4.15. The zero-order valence-corrected chi connectivity index (χ0v) is 11.2. The van der Waals surface area contributed by atoms with Crippen molar-refractivity contribution >= 4 is 23.7 Å². The Labute approximate surface area is 123 Å². The Morgan fingerprint density at radius 2 is 1.14 bits per heavy atom. The van der Waals surface area contributed by atoms with E-state index in [0.29, 0.717) is 12.3 Å². The van der Waals surface area contributed by atoms with Crippen molar-refractivity contribution in [2.45, 2.75) is 0 Å². The van der Waals surface area contributed by atoms with E-state index in [2.05, 4.69) is 0 Å². The molecule has 0 saturated carbocycles. The fourth-order valence-electron chi connectivity index (χ4n) is 1.45. The molecule has 0 bridgehead atoms. The number of hydrogen-bond acceptors (Lipinski definition) is 7. The molecule has 0 aliphatic heterocycles. The molecule has 0 N–H and O–H groups in total. The summed E-state index contributed by atoms with van der Waals surface area (Å²) in [7, 11) is 0. The first-order chi connectivity index (χ1) is 10.1. The molecule has 0 spiro atoms. The van der Waals surface area contributed by atoms with Crippen molar-refractivity contribution in [2.75, 3.05) is 0 Å². The molecule has 21 heavy (non-hydrogen) atoms. The van der Waals surface area contributed by atoms with Gasteiger partial charge in [-0.05, 0) is 12.1 Å². The second-order valence-electron chi connectivity index (χ2n) is 3.68. The van der Waals surface area contributed by atoms with Crippen molar-refractivity contribution in [1.29, 1.82) is 0 Å². The molecule has 2 aromatic carbocycles. The normalized spacial score (nSPS) is 9.90. The van der Waals surface area contributed by atoms with Crippen molar-refractivity contribution in [1.82, 2.24) is 0 Å². The molecule has 0 atom stereocenters. The van der Waals surface area contributed by atoms with Crippen LogP contribution < -0.4 is 8.37 Å². The fraction of sp³-hybridized carbons (Fsp3) is 0. The molecule has 9 heteroatoms. The summed E-state index contributed by atoms with van der Waals surface area (Å²) in [5, 5.41) is 21.6. The highest BCUT2D eigenvalue weighted by atomic mass is 32.2. The SMILES string of the molecule is O=[N+]([O-])c1ccccc1OSOc1ccccc1[N+](=O)[O-]. The molecule has 0 unspecified atom stereocenters. The third kappa shape index (κ3) is 3.60. The van der Waals surface area contributed by atoms with Gasteiger partial charge in [-0.1, -0.05) is 24.3 Å². The summed E-state index contributed by atoms with van der Waals surface area (Å²) < 4.78 is 10.1. The summed E-state index contributed by atoms with van der Waals surface area (Å²) in [6.07, 6.45) is 0. The molecule has 8 nitrogen and oxygen atoms in total. The maximum atomic E-state index is 10.8.